The third-order valence-electron chi connectivity index (χ3n) is 1.06. The first-order chi connectivity index (χ1) is 11.9. The fourth-order valence-corrected chi connectivity index (χ4v) is 0.540. The first-order valence-electron chi connectivity index (χ1n) is 10.5. The number of carbonyl (C=O) groups is 1. The summed E-state index contributed by atoms with van der Waals surface area (Å²) < 4.78 is 115. The number of aliphatic hydroxyl groups is 1. The predicted molar refractivity (Wildman–Crippen MR) is 48.2 cm³/mol. The Kier molecular flexibility index (Phi) is 0.754. The molecule has 4 heteroatoms. The van der Waals surface area contributed by atoms with Gasteiger partial charge in [0.2, 0.25) is 0 Å². The molecular weight excluding hydrogens is 170 g/mol. The van der Waals surface area contributed by atoms with Crippen LogP contribution < -0.4 is 5.72 Å². The van der Waals surface area contributed by atoms with Gasteiger partial charge in [-0.2, -0.15) is 0 Å². The number of rotatable bonds is 4. The van der Waals surface area contributed by atoms with Crippen LogP contribution in [0, 0.1) is 5.89 Å². The van der Waals surface area contributed by atoms with Gasteiger partial charge in [-0.1, -0.05) is 0 Å². The van der Waals surface area contributed by atoms with Gasteiger partial charge >= 0.3 is 5.97 Å². The predicted octanol–water partition coefficient (Wildman–Crippen LogP) is 0.339. The van der Waals surface area contributed by atoms with Crippen LogP contribution >= 0.6 is 0 Å². The quantitative estimate of drug-likeness (QED) is 0.614. The zero-order valence-corrected chi connectivity index (χ0v) is 6.25. The molecule has 4 N–H and O–H groups in total. The van der Waals surface area contributed by atoms with Gasteiger partial charge in [0.1, 0.15) is 8.84 Å². The van der Waals surface area contributed by atoms with Gasteiger partial charge in [0.05, 0.1) is 8.82 Å². The molecule has 1 rings (SSSR count). The van der Waals surface area contributed by atoms with E-state index in [1.165, 1.54) is 0 Å². The van der Waals surface area contributed by atoms with Gasteiger partial charge in [0.25, 0.3) is 0 Å². The summed E-state index contributed by atoms with van der Waals surface area (Å²) in [6.45, 7) is 0. The molecule has 0 aromatic rings. The first-order valence-corrected chi connectivity index (χ1v) is 3.12. The van der Waals surface area contributed by atoms with E-state index in [1.807, 2.05) is 0 Å². The van der Waals surface area contributed by atoms with Crippen molar-refractivity contribution in [3.05, 3.63) is 0 Å². The van der Waals surface area contributed by atoms with Crippen molar-refractivity contribution in [3.8, 4) is 0 Å². The van der Waals surface area contributed by atoms with Crippen molar-refractivity contribution in [3.63, 3.8) is 0 Å². The Morgan fingerprint density at radius 3 is 2.92 bits per heavy atom. The zero-order valence-electron chi connectivity index (χ0n) is 21.2. The molecule has 0 saturated heterocycles. The largest absolute Gasteiger partial charge is 0.480 e. The van der Waals surface area contributed by atoms with Crippen LogP contribution in [0.25, 0.3) is 0 Å². The van der Waals surface area contributed by atoms with E-state index in [1.54, 1.807) is 0 Å². The Bertz CT molecular complexity index is 646. The third-order valence-corrected chi connectivity index (χ3v) is 1.06. The molecule has 0 radical (unpaired) electrons. The van der Waals surface area contributed by atoms with Gasteiger partial charge in [-0.25, -0.2) is 0 Å². The molecule has 1 aliphatic carbocycles. The Hall–Kier alpha value is -0.610. The van der Waals surface area contributed by atoms with Crippen LogP contribution in [0.4, 0.5) is 0 Å². The van der Waals surface area contributed by atoms with Gasteiger partial charge in [0, 0.05) is 15.1 Å². The van der Waals surface area contributed by atoms with Crippen LogP contribution in [0.1, 0.15) is 49.7 Å². The molecule has 0 aromatic carbocycles. The van der Waals surface area contributed by atoms with Crippen LogP contribution in [-0.4, -0.2) is 28.3 Å². The number of carboxylic acids is 1. The van der Waals surface area contributed by atoms with Crippen molar-refractivity contribution < 1.29 is 35.7 Å². The number of aliphatic carboxylic acids is 1. The second-order valence-corrected chi connectivity index (χ2v) is 2.00. The van der Waals surface area contributed by atoms with Crippen LogP contribution in [0.3, 0.4) is 0 Å². The summed E-state index contributed by atoms with van der Waals surface area (Å²) in [5.74, 6) is -7.14. The maximum atomic E-state index is 11.5. The maximum Gasteiger partial charge on any atom is 0.320 e. The maximum absolute atomic E-state index is 11.5. The average Bonchev–Trinajstić information content (AvgIpc) is 2.50. The summed E-state index contributed by atoms with van der Waals surface area (Å²) in [7, 11) is 0. The van der Waals surface area contributed by atoms with E-state index in [0.717, 1.165) is 0 Å². The van der Waals surface area contributed by atoms with Crippen LogP contribution in [0.15, 0.2) is 0 Å². The van der Waals surface area contributed by atoms with E-state index in [-0.39, 0.29) is 0 Å². The second kappa shape index (κ2) is 4.58. The molecule has 0 bridgehead atoms. The van der Waals surface area contributed by atoms with Crippen LogP contribution in [0.5, 0.6) is 0 Å². The zero-order chi connectivity index (χ0) is 23.2. The Morgan fingerprint density at radius 2 is 2.46 bits per heavy atom. The summed E-state index contributed by atoms with van der Waals surface area (Å²) in [5.41, 5.74) is -1.11. The summed E-state index contributed by atoms with van der Waals surface area (Å²) in [6, 6.07) is -4.24. The smallest absolute Gasteiger partial charge is 0.320 e. The summed E-state index contributed by atoms with van der Waals surface area (Å²) in [5, 5.41) is 19.2. The van der Waals surface area contributed by atoms with Gasteiger partial charge in [-0.3, -0.25) is 4.79 Å². The van der Waals surface area contributed by atoms with E-state index < -0.39 is 61.5 Å². The van der Waals surface area contributed by atoms with Gasteiger partial charge in [-0.05, 0) is 37.8 Å². The van der Waals surface area contributed by atoms with Crippen molar-refractivity contribution in [2.75, 3.05) is 0 Å². The first kappa shape index (κ1) is 2.14. The highest BCUT2D eigenvalue weighted by Gasteiger charge is 2.23. The molecule has 4 nitrogen and oxygen atoms in total. The molecule has 0 amide bonds. The third kappa shape index (κ3) is 3.32. The Morgan fingerprint density at radius 1 is 1.85 bits per heavy atom. The van der Waals surface area contributed by atoms with Gasteiger partial charge in [-0.15, -0.1) is 0 Å². The number of hydrogen-bond acceptors (Lipinski definition) is 3. The highest BCUT2D eigenvalue weighted by molar-refractivity contribution is 5.73. The highest BCUT2D eigenvalue weighted by Crippen LogP contribution is 2.27. The lowest BCUT2D eigenvalue weighted by atomic mass is 9.83. The fraction of sp³-hybridized carbons (Fsp3) is 0.889. The number of hydrogen-bond donors (Lipinski definition) is 3. The summed E-state index contributed by atoms with van der Waals surface area (Å²) in [6.07, 6.45) is -25.8. The number of carboxylic acid groups (broad SMARTS) is 1. The van der Waals surface area contributed by atoms with Crippen molar-refractivity contribution >= 4 is 5.97 Å². The van der Waals surface area contributed by atoms with Crippen LogP contribution in [0.2, 0.25) is 2.82 Å². The monoisotopic (exact) mass is 202 g/mol. The number of nitrogens with two attached hydrogens (primary N) is 1. The van der Waals surface area contributed by atoms with E-state index in [0.29, 0.717) is 0 Å². The molecule has 0 spiro atoms. The normalized spacial score (nSPS) is 78.8. The van der Waals surface area contributed by atoms with Gasteiger partial charge < -0.3 is 15.9 Å². The minimum absolute atomic E-state index is 1.11. The fourth-order valence-electron chi connectivity index (χ4n) is 0.540. The lowest BCUT2D eigenvalue weighted by Gasteiger charge is -2.26. The molecule has 0 aliphatic heterocycles. The highest BCUT2D eigenvalue weighted by atomic mass is 16.4. The standard InChI is InChI=1S/C9H17NO3/c10-8(9(12)13)5-6-1-3-7(11)4-2-6/h6-8,11H,1-5,10H2,(H,12,13)/t6?,7?,8-/m0/s1/i1D2,2D2,3D2,4D2,5D2,6D,7D,8D/hD2. The van der Waals surface area contributed by atoms with E-state index in [2.05, 4.69) is 0 Å². The molecule has 1 atom stereocenters. The van der Waals surface area contributed by atoms with Crippen molar-refractivity contribution in [1.82, 2.24) is 0 Å². The van der Waals surface area contributed by atoms with E-state index >= 15 is 0 Å². The SMILES string of the molecule is [2H]N([2H])[C@]([2H])(C(=O)O)C([2H])([2H])C1([2H])C([2H])([2H])C([2H])([2H])C([2H])(O)C([2H])([2H])C1([2H])[2H]. The van der Waals surface area contributed by atoms with Crippen molar-refractivity contribution in [2.24, 2.45) is 11.6 Å². The van der Waals surface area contributed by atoms with Crippen molar-refractivity contribution in [2.45, 2.75) is 44.0 Å². The lowest BCUT2D eigenvalue weighted by Crippen LogP contribution is -2.33. The summed E-state index contributed by atoms with van der Waals surface area (Å²) >= 11 is 0. The molecule has 0 aromatic heterocycles. The Balaban J connectivity index is 4.17. The summed E-state index contributed by atoms with van der Waals surface area (Å²) in [4.78, 5) is 11.5. The second-order valence-electron chi connectivity index (χ2n) is 2.00. The molecule has 0 unspecified atom stereocenters. The minimum atomic E-state index is -4.49. The van der Waals surface area contributed by atoms with Gasteiger partial charge in [0.15, 0.2) is 0 Å². The van der Waals surface area contributed by atoms with E-state index in [9.17, 15) is 15.0 Å². The molecule has 13 heavy (non-hydrogen) atoms. The van der Waals surface area contributed by atoms with Crippen molar-refractivity contribution in [1.29, 1.82) is 0 Å². The lowest BCUT2D eigenvalue weighted by molar-refractivity contribution is -0.139. The molecule has 1 aliphatic rings. The molecule has 76 valence electrons. The molecular formula is C9H17NO3. The molecule has 1 saturated carbocycles. The topological polar surface area (TPSA) is 83.6 Å². The Labute approximate surface area is 98.9 Å². The van der Waals surface area contributed by atoms with Crippen LogP contribution in [-0.2, 0) is 4.79 Å². The molecule has 1 fully saturated rings. The van der Waals surface area contributed by atoms with E-state index in [4.69, 9.17) is 20.6 Å². The average molecular weight is 202 g/mol. The molecule has 0 heterocycles. The minimum Gasteiger partial charge on any atom is -0.480 e.